The Hall–Kier alpha value is -2.93. The van der Waals surface area contributed by atoms with Gasteiger partial charge in [0.2, 0.25) is 0 Å². The number of thioether (sulfide) groups is 1. The minimum absolute atomic E-state index is 0.0984. The van der Waals surface area contributed by atoms with E-state index in [1.54, 1.807) is 31.7 Å². The van der Waals surface area contributed by atoms with Crippen molar-refractivity contribution >= 4 is 46.1 Å². The molecule has 188 valence electrons. The monoisotopic (exact) mass is 522 g/mol. The van der Waals surface area contributed by atoms with Gasteiger partial charge in [-0.3, -0.25) is 19.1 Å². The first-order valence-electron chi connectivity index (χ1n) is 12.0. The van der Waals surface area contributed by atoms with Crippen LogP contribution in [0.5, 0.6) is 0 Å². The molecule has 1 aromatic heterocycles. The van der Waals surface area contributed by atoms with Gasteiger partial charge in [-0.1, -0.05) is 54.3 Å². The van der Waals surface area contributed by atoms with Crippen molar-refractivity contribution in [1.29, 1.82) is 5.26 Å². The molecule has 9 heteroatoms. The van der Waals surface area contributed by atoms with Gasteiger partial charge in [-0.05, 0) is 49.3 Å². The molecule has 1 amide bonds. The molecule has 3 heterocycles. The average molecular weight is 523 g/mol. The number of rotatable bonds is 7. The number of anilines is 1. The number of ether oxygens (including phenoxy) is 1. The van der Waals surface area contributed by atoms with Crippen molar-refractivity contribution < 1.29 is 9.53 Å². The summed E-state index contributed by atoms with van der Waals surface area (Å²) in [5, 5.41) is 9.71. The lowest BCUT2D eigenvalue weighted by Gasteiger charge is -2.36. The van der Waals surface area contributed by atoms with E-state index in [0.29, 0.717) is 33.9 Å². The highest BCUT2D eigenvalue weighted by atomic mass is 32.2. The molecule has 0 N–H and O–H groups in total. The lowest BCUT2D eigenvalue weighted by Crippen LogP contribution is -2.39. The van der Waals surface area contributed by atoms with E-state index in [2.05, 4.69) is 35.2 Å². The number of methoxy groups -OCH3 is 1. The highest BCUT2D eigenvalue weighted by Gasteiger charge is 2.33. The van der Waals surface area contributed by atoms with Crippen LogP contribution in [0.4, 0.5) is 5.82 Å². The third-order valence-corrected chi connectivity index (χ3v) is 8.30. The van der Waals surface area contributed by atoms with Crippen molar-refractivity contribution in [2.24, 2.45) is 13.0 Å². The molecule has 0 aliphatic carbocycles. The number of aromatic nitrogens is 1. The number of carbonyl (C=O) groups excluding carboxylic acids is 1. The van der Waals surface area contributed by atoms with E-state index < -0.39 is 0 Å². The Morgan fingerprint density at radius 1 is 1.22 bits per heavy atom. The molecule has 0 unspecified atom stereocenters. The molecule has 2 saturated heterocycles. The highest BCUT2D eigenvalue weighted by Crippen LogP contribution is 2.36. The molecule has 0 saturated carbocycles. The van der Waals surface area contributed by atoms with Gasteiger partial charge in [0.15, 0.2) is 0 Å². The third kappa shape index (κ3) is 5.26. The van der Waals surface area contributed by atoms with E-state index in [1.807, 2.05) is 6.07 Å². The summed E-state index contributed by atoms with van der Waals surface area (Å²) in [6, 6.07) is 12.6. The average Bonchev–Trinajstić information content (AvgIpc) is 3.15. The molecule has 2 aliphatic rings. The summed E-state index contributed by atoms with van der Waals surface area (Å²) in [7, 11) is 3.29. The van der Waals surface area contributed by atoms with Crippen molar-refractivity contribution in [3.05, 3.63) is 67.8 Å². The number of nitriles is 1. The van der Waals surface area contributed by atoms with Crippen LogP contribution in [0, 0.1) is 24.2 Å². The Balaban J connectivity index is 1.66. The van der Waals surface area contributed by atoms with Crippen LogP contribution in [0.1, 0.15) is 35.1 Å². The molecule has 0 atom stereocenters. The number of piperidine rings is 1. The fraction of sp³-hybridized carbons (Fsp3) is 0.407. The maximum atomic E-state index is 13.1. The molecule has 1 aromatic carbocycles. The number of thiocarbonyl (C=S) groups is 1. The van der Waals surface area contributed by atoms with E-state index in [9.17, 15) is 14.9 Å². The van der Waals surface area contributed by atoms with E-state index in [-0.39, 0.29) is 17.0 Å². The van der Waals surface area contributed by atoms with Gasteiger partial charge < -0.3 is 9.64 Å². The van der Waals surface area contributed by atoms with Crippen LogP contribution in [-0.4, -0.2) is 53.0 Å². The molecule has 0 spiro atoms. The van der Waals surface area contributed by atoms with Gasteiger partial charge in [0.05, 0.1) is 18.1 Å². The van der Waals surface area contributed by atoms with Crippen molar-refractivity contribution in [3.63, 3.8) is 0 Å². The Morgan fingerprint density at radius 3 is 2.56 bits per heavy atom. The molecule has 36 heavy (non-hydrogen) atoms. The van der Waals surface area contributed by atoms with E-state index >= 15 is 0 Å². The SMILES string of the molecule is COCCN1C(=O)/C(=C/c2c(C)c(C#N)c(=O)n(C)c2N2CCC(Cc3ccccc3)CC2)SC1=S. The van der Waals surface area contributed by atoms with E-state index in [4.69, 9.17) is 17.0 Å². The molecule has 0 bridgehead atoms. The van der Waals surface area contributed by atoms with Gasteiger partial charge >= 0.3 is 0 Å². The highest BCUT2D eigenvalue weighted by molar-refractivity contribution is 8.26. The second kappa shape index (κ2) is 11.4. The van der Waals surface area contributed by atoms with Crippen LogP contribution >= 0.6 is 24.0 Å². The fourth-order valence-corrected chi connectivity index (χ4v) is 6.19. The molecule has 2 fully saturated rings. The minimum atomic E-state index is -0.318. The van der Waals surface area contributed by atoms with Gasteiger partial charge in [0, 0.05) is 32.8 Å². The zero-order valence-electron chi connectivity index (χ0n) is 20.8. The van der Waals surface area contributed by atoms with Crippen molar-refractivity contribution in [1.82, 2.24) is 9.47 Å². The predicted molar refractivity (Wildman–Crippen MR) is 148 cm³/mol. The zero-order valence-corrected chi connectivity index (χ0v) is 22.5. The van der Waals surface area contributed by atoms with Crippen LogP contribution in [0.15, 0.2) is 40.0 Å². The van der Waals surface area contributed by atoms with E-state index in [0.717, 1.165) is 43.7 Å². The van der Waals surface area contributed by atoms with Crippen LogP contribution in [0.3, 0.4) is 0 Å². The summed E-state index contributed by atoms with van der Waals surface area (Å²) >= 11 is 6.67. The molecule has 7 nitrogen and oxygen atoms in total. The number of hydrogen-bond acceptors (Lipinski definition) is 7. The van der Waals surface area contributed by atoms with Crippen LogP contribution in [-0.2, 0) is 23.0 Å². The second-order valence-electron chi connectivity index (χ2n) is 9.16. The summed E-state index contributed by atoms with van der Waals surface area (Å²) in [4.78, 5) is 30.4. The molecule has 2 aromatic rings. The summed E-state index contributed by atoms with van der Waals surface area (Å²) < 4.78 is 7.15. The maximum Gasteiger partial charge on any atom is 0.270 e. The summed E-state index contributed by atoms with van der Waals surface area (Å²) in [6.07, 6.45) is 4.84. The number of pyridine rings is 1. The number of nitrogens with zero attached hydrogens (tertiary/aromatic N) is 4. The molecular formula is C27H30N4O3S2. The first kappa shape index (κ1) is 26.1. The second-order valence-corrected chi connectivity index (χ2v) is 10.8. The largest absolute Gasteiger partial charge is 0.383 e. The predicted octanol–water partition coefficient (Wildman–Crippen LogP) is 3.87. The van der Waals surface area contributed by atoms with Crippen LogP contribution in [0.25, 0.3) is 6.08 Å². The van der Waals surface area contributed by atoms with Gasteiger partial charge in [-0.25, -0.2) is 0 Å². The topological polar surface area (TPSA) is 78.6 Å². The van der Waals surface area contributed by atoms with Crippen molar-refractivity contribution in [3.8, 4) is 6.07 Å². The lowest BCUT2D eigenvalue weighted by atomic mass is 9.90. The van der Waals surface area contributed by atoms with Gasteiger partial charge in [-0.15, -0.1) is 0 Å². The summed E-state index contributed by atoms with van der Waals surface area (Å²) in [5.41, 5.74) is 2.43. The molecule has 0 radical (unpaired) electrons. The maximum absolute atomic E-state index is 13.1. The van der Waals surface area contributed by atoms with Gasteiger partial charge in [-0.2, -0.15) is 5.26 Å². The third-order valence-electron chi connectivity index (χ3n) is 6.92. The first-order valence-corrected chi connectivity index (χ1v) is 13.2. The number of amides is 1. The van der Waals surface area contributed by atoms with Crippen LogP contribution in [0.2, 0.25) is 0 Å². The Labute approximate surface area is 221 Å². The zero-order chi connectivity index (χ0) is 25.8. The Morgan fingerprint density at radius 2 is 1.92 bits per heavy atom. The number of carbonyl (C=O) groups is 1. The molecule has 2 aliphatic heterocycles. The van der Waals surface area contributed by atoms with Crippen molar-refractivity contribution in [2.75, 3.05) is 38.3 Å². The standard InChI is InChI=1S/C27H30N4O3S2/c1-18-21(16-23-26(33)31(13-14-34-3)27(35)36-23)24(29(2)25(32)22(18)17-28)30-11-9-20(10-12-30)15-19-7-5-4-6-8-19/h4-8,16,20H,9-15H2,1-3H3/b23-16-. The van der Waals surface area contributed by atoms with Crippen molar-refractivity contribution in [2.45, 2.75) is 26.2 Å². The minimum Gasteiger partial charge on any atom is -0.383 e. The first-order chi connectivity index (χ1) is 17.3. The smallest absolute Gasteiger partial charge is 0.270 e. The lowest BCUT2D eigenvalue weighted by molar-refractivity contribution is -0.122. The number of benzene rings is 1. The molecular weight excluding hydrogens is 492 g/mol. The van der Waals surface area contributed by atoms with E-state index in [1.165, 1.54) is 22.2 Å². The number of hydrogen-bond donors (Lipinski definition) is 0. The van der Waals surface area contributed by atoms with Crippen LogP contribution < -0.4 is 10.5 Å². The van der Waals surface area contributed by atoms with Gasteiger partial charge in [0.25, 0.3) is 11.5 Å². The van der Waals surface area contributed by atoms with Gasteiger partial charge in [0.1, 0.15) is 21.8 Å². The fourth-order valence-electron chi connectivity index (χ4n) is 4.90. The normalized spacial score (nSPS) is 17.8. The molecule has 4 rings (SSSR count). The summed E-state index contributed by atoms with van der Waals surface area (Å²) in [6.45, 7) is 4.15. The Bertz CT molecular complexity index is 1290. The summed E-state index contributed by atoms with van der Waals surface area (Å²) in [5.74, 6) is 1.14. The quantitative estimate of drug-likeness (QED) is 0.403. The Kier molecular flexibility index (Phi) is 8.29.